The van der Waals surface area contributed by atoms with Gasteiger partial charge in [-0.25, -0.2) is 4.98 Å². The van der Waals surface area contributed by atoms with Crippen LogP contribution < -0.4 is 5.73 Å². The Morgan fingerprint density at radius 2 is 1.94 bits per heavy atom. The maximum atomic E-state index is 13.8. The van der Waals surface area contributed by atoms with Crippen molar-refractivity contribution in [3.63, 3.8) is 0 Å². The molecule has 0 aliphatic heterocycles. The third-order valence-electron chi connectivity index (χ3n) is 2.77. The molecule has 1 rings (SSSR count). The molecule has 0 bridgehead atoms. The Bertz CT molecular complexity index is 424. The number of rotatable bonds is 4. The molecule has 0 aliphatic carbocycles. The van der Waals surface area contributed by atoms with Crippen molar-refractivity contribution in [2.24, 2.45) is 5.73 Å². The molecule has 0 spiro atoms. The van der Waals surface area contributed by atoms with Crippen LogP contribution in [0.3, 0.4) is 0 Å². The SMILES string of the molecule is CC(C)N(C(=O)c1c(CN)ccnc1F)C(C)C. The van der Waals surface area contributed by atoms with Gasteiger partial charge in [0.2, 0.25) is 5.95 Å². The number of nitrogens with two attached hydrogens (primary N) is 1. The molecule has 1 aromatic rings. The van der Waals surface area contributed by atoms with Gasteiger partial charge >= 0.3 is 0 Å². The van der Waals surface area contributed by atoms with Gasteiger partial charge < -0.3 is 10.6 Å². The Labute approximate surface area is 107 Å². The van der Waals surface area contributed by atoms with Crippen LogP contribution in [0.4, 0.5) is 4.39 Å². The van der Waals surface area contributed by atoms with Crippen LogP contribution in [0.25, 0.3) is 0 Å². The first-order chi connectivity index (χ1) is 8.40. The van der Waals surface area contributed by atoms with E-state index in [4.69, 9.17) is 5.73 Å². The Kier molecular flexibility index (Phi) is 4.78. The second kappa shape index (κ2) is 5.91. The fourth-order valence-corrected chi connectivity index (χ4v) is 2.06. The minimum atomic E-state index is -0.755. The number of halogens is 1. The Morgan fingerprint density at radius 3 is 2.39 bits per heavy atom. The Morgan fingerprint density at radius 1 is 1.39 bits per heavy atom. The molecular formula is C13H20FN3O. The lowest BCUT2D eigenvalue weighted by atomic mass is 10.1. The van der Waals surface area contributed by atoms with Crippen LogP contribution in [0.5, 0.6) is 0 Å². The molecular weight excluding hydrogens is 233 g/mol. The first-order valence-corrected chi connectivity index (χ1v) is 6.06. The summed E-state index contributed by atoms with van der Waals surface area (Å²) in [5, 5.41) is 0. The summed E-state index contributed by atoms with van der Waals surface area (Å²) in [5.74, 6) is -1.11. The second-order valence-corrected chi connectivity index (χ2v) is 4.74. The Balaban J connectivity index is 3.24. The van der Waals surface area contributed by atoms with E-state index < -0.39 is 5.95 Å². The molecule has 0 saturated carbocycles. The summed E-state index contributed by atoms with van der Waals surface area (Å²) < 4.78 is 13.8. The summed E-state index contributed by atoms with van der Waals surface area (Å²) >= 11 is 0. The number of carbonyl (C=O) groups is 1. The van der Waals surface area contributed by atoms with E-state index in [9.17, 15) is 9.18 Å². The highest BCUT2D eigenvalue weighted by molar-refractivity contribution is 5.96. The van der Waals surface area contributed by atoms with Crippen molar-refractivity contribution in [2.75, 3.05) is 0 Å². The molecule has 0 aromatic carbocycles. The fraction of sp³-hybridized carbons (Fsp3) is 0.538. The van der Waals surface area contributed by atoms with Crippen molar-refractivity contribution in [3.05, 3.63) is 29.3 Å². The summed E-state index contributed by atoms with van der Waals surface area (Å²) in [6.07, 6.45) is 1.32. The molecule has 0 saturated heterocycles. The molecule has 18 heavy (non-hydrogen) atoms. The van der Waals surface area contributed by atoms with Gasteiger partial charge in [-0.1, -0.05) is 0 Å². The molecule has 0 fully saturated rings. The largest absolute Gasteiger partial charge is 0.334 e. The van der Waals surface area contributed by atoms with Crippen molar-refractivity contribution in [3.8, 4) is 0 Å². The van der Waals surface area contributed by atoms with Crippen molar-refractivity contribution in [1.29, 1.82) is 0 Å². The van der Waals surface area contributed by atoms with Gasteiger partial charge in [0.15, 0.2) is 0 Å². The molecule has 0 aliphatic rings. The zero-order valence-corrected chi connectivity index (χ0v) is 11.3. The molecule has 2 N–H and O–H groups in total. The number of hydrogen-bond acceptors (Lipinski definition) is 3. The lowest BCUT2D eigenvalue weighted by molar-refractivity contribution is 0.0636. The molecule has 0 unspecified atom stereocenters. The number of carbonyl (C=O) groups excluding carboxylic acids is 1. The first kappa shape index (κ1) is 14.6. The van der Waals surface area contributed by atoms with E-state index in [-0.39, 0.29) is 30.1 Å². The average molecular weight is 253 g/mol. The van der Waals surface area contributed by atoms with Gasteiger partial charge in [0, 0.05) is 24.8 Å². The average Bonchev–Trinajstić information content (AvgIpc) is 2.27. The predicted octanol–water partition coefficient (Wildman–Crippen LogP) is 1.94. The highest BCUT2D eigenvalue weighted by Crippen LogP contribution is 2.17. The fourth-order valence-electron chi connectivity index (χ4n) is 2.06. The third kappa shape index (κ3) is 2.85. The van der Waals surface area contributed by atoms with Crippen molar-refractivity contribution in [2.45, 2.75) is 46.3 Å². The van der Waals surface area contributed by atoms with Gasteiger partial charge in [-0.15, -0.1) is 0 Å². The molecule has 0 atom stereocenters. The van der Waals surface area contributed by atoms with Crippen molar-refractivity contribution < 1.29 is 9.18 Å². The van der Waals surface area contributed by atoms with E-state index in [1.165, 1.54) is 6.20 Å². The summed E-state index contributed by atoms with van der Waals surface area (Å²) in [6.45, 7) is 7.70. The van der Waals surface area contributed by atoms with Gasteiger partial charge in [-0.2, -0.15) is 4.39 Å². The highest BCUT2D eigenvalue weighted by atomic mass is 19.1. The monoisotopic (exact) mass is 253 g/mol. The molecule has 0 radical (unpaired) electrons. The van der Waals surface area contributed by atoms with Gasteiger partial charge in [-0.3, -0.25) is 4.79 Å². The molecule has 100 valence electrons. The second-order valence-electron chi connectivity index (χ2n) is 4.74. The van der Waals surface area contributed by atoms with Crippen LogP contribution in [0.1, 0.15) is 43.6 Å². The zero-order chi connectivity index (χ0) is 13.9. The van der Waals surface area contributed by atoms with Crippen LogP contribution in [-0.4, -0.2) is 27.9 Å². The summed E-state index contributed by atoms with van der Waals surface area (Å²) in [4.78, 5) is 17.6. The molecule has 1 heterocycles. The van der Waals surface area contributed by atoms with Gasteiger partial charge in [0.25, 0.3) is 5.91 Å². The normalized spacial score (nSPS) is 11.1. The number of pyridine rings is 1. The highest BCUT2D eigenvalue weighted by Gasteiger charge is 2.26. The van der Waals surface area contributed by atoms with Crippen LogP contribution in [-0.2, 0) is 6.54 Å². The standard InChI is InChI=1S/C13H20FN3O/c1-8(2)17(9(3)4)13(18)11-10(7-15)5-6-16-12(11)14/h5-6,8-9H,7,15H2,1-4H3. The minimum absolute atomic E-state index is 0.0114. The van der Waals surface area contributed by atoms with Gasteiger partial charge in [0.1, 0.15) is 0 Å². The number of amides is 1. The number of aromatic nitrogens is 1. The van der Waals surface area contributed by atoms with E-state index in [0.717, 1.165) is 0 Å². The third-order valence-corrected chi connectivity index (χ3v) is 2.77. The summed E-state index contributed by atoms with van der Waals surface area (Å²) in [7, 11) is 0. The first-order valence-electron chi connectivity index (χ1n) is 6.06. The van der Waals surface area contributed by atoms with Crippen LogP contribution >= 0.6 is 0 Å². The summed E-state index contributed by atoms with van der Waals surface area (Å²) in [5.41, 5.74) is 6.02. The maximum Gasteiger partial charge on any atom is 0.259 e. The van der Waals surface area contributed by atoms with E-state index >= 15 is 0 Å². The van der Waals surface area contributed by atoms with E-state index in [1.54, 1.807) is 11.0 Å². The quantitative estimate of drug-likeness (QED) is 0.834. The maximum absolute atomic E-state index is 13.8. The van der Waals surface area contributed by atoms with E-state index in [1.807, 2.05) is 27.7 Å². The predicted molar refractivity (Wildman–Crippen MR) is 68.5 cm³/mol. The van der Waals surface area contributed by atoms with E-state index in [2.05, 4.69) is 4.98 Å². The molecule has 1 amide bonds. The molecule has 5 heteroatoms. The van der Waals surface area contributed by atoms with E-state index in [0.29, 0.717) is 5.56 Å². The molecule has 4 nitrogen and oxygen atoms in total. The number of nitrogens with zero attached hydrogens (tertiary/aromatic N) is 2. The minimum Gasteiger partial charge on any atom is -0.334 e. The topological polar surface area (TPSA) is 59.2 Å². The lowest BCUT2D eigenvalue weighted by Crippen LogP contribution is -2.43. The smallest absolute Gasteiger partial charge is 0.259 e. The van der Waals surface area contributed by atoms with Crippen molar-refractivity contribution >= 4 is 5.91 Å². The summed E-state index contributed by atoms with van der Waals surface area (Å²) in [6, 6.07) is 1.56. The van der Waals surface area contributed by atoms with Gasteiger partial charge in [0.05, 0.1) is 5.56 Å². The van der Waals surface area contributed by atoms with Crippen LogP contribution in [0.15, 0.2) is 12.3 Å². The molecule has 1 aromatic heterocycles. The van der Waals surface area contributed by atoms with Crippen molar-refractivity contribution in [1.82, 2.24) is 9.88 Å². The van der Waals surface area contributed by atoms with Gasteiger partial charge in [-0.05, 0) is 39.3 Å². The van der Waals surface area contributed by atoms with Crippen LogP contribution in [0.2, 0.25) is 0 Å². The lowest BCUT2D eigenvalue weighted by Gasteiger charge is -2.31. The Hall–Kier alpha value is -1.49. The zero-order valence-electron chi connectivity index (χ0n) is 11.3. The van der Waals surface area contributed by atoms with Crippen LogP contribution in [0, 0.1) is 5.95 Å². The number of hydrogen-bond donors (Lipinski definition) is 1.